The summed E-state index contributed by atoms with van der Waals surface area (Å²) in [6, 6.07) is 26.6. The number of carbonyl (C=O) groups excluding carboxylic acids is 3. The van der Waals surface area contributed by atoms with Gasteiger partial charge in [-0.15, -0.1) is 12.3 Å². The molecule has 3 amide bonds. The van der Waals surface area contributed by atoms with E-state index in [1.165, 1.54) is 29.2 Å². The van der Waals surface area contributed by atoms with Gasteiger partial charge in [0.15, 0.2) is 0 Å². The Hall–Kier alpha value is -6.18. The lowest BCUT2D eigenvalue weighted by Crippen LogP contribution is -2.39. The van der Waals surface area contributed by atoms with E-state index < -0.39 is 40.0 Å². The van der Waals surface area contributed by atoms with Crippen LogP contribution in [0.2, 0.25) is 0 Å². The molecule has 0 radical (unpaired) electrons. The molecule has 260 valence electrons. The van der Waals surface area contributed by atoms with Crippen LogP contribution in [0.3, 0.4) is 0 Å². The summed E-state index contributed by atoms with van der Waals surface area (Å²) in [7, 11) is -4.06. The topological polar surface area (TPSA) is 149 Å². The lowest BCUT2D eigenvalue weighted by atomic mass is 10.1. The number of unbranched alkanes of at least 4 members (excludes halogenated alkanes) is 1. The van der Waals surface area contributed by atoms with Crippen LogP contribution < -0.4 is 20.3 Å². The van der Waals surface area contributed by atoms with Crippen LogP contribution in [0.25, 0.3) is 0 Å². The number of rotatable bonds is 14. The summed E-state index contributed by atoms with van der Waals surface area (Å²) in [6.45, 7) is -0.371. The third kappa shape index (κ3) is 9.09. The van der Waals surface area contributed by atoms with Crippen molar-refractivity contribution in [2.75, 3.05) is 29.1 Å². The highest BCUT2D eigenvalue weighted by atomic mass is 32.2. The van der Waals surface area contributed by atoms with E-state index in [4.69, 9.17) is 16.4 Å². The van der Waals surface area contributed by atoms with Crippen molar-refractivity contribution in [3.05, 3.63) is 114 Å². The maximum absolute atomic E-state index is 14.4. The highest BCUT2D eigenvalue weighted by Gasteiger charge is 2.29. The van der Waals surface area contributed by atoms with Gasteiger partial charge in [-0.25, -0.2) is 17.1 Å². The molecule has 1 aliphatic rings. The van der Waals surface area contributed by atoms with Gasteiger partial charge in [-0.3, -0.25) is 14.4 Å². The second-order valence-electron chi connectivity index (χ2n) is 11.5. The molecule has 13 heteroatoms. The number of halogens is 1. The molecule has 0 saturated heterocycles. The molecule has 4 aromatic carbocycles. The molecule has 2 N–H and O–H groups in total. The molecule has 0 spiro atoms. The number of hydrogen-bond acceptors (Lipinski definition) is 8. The normalized spacial score (nSPS) is 11.9. The lowest BCUT2D eigenvalue weighted by Gasteiger charge is -2.23. The Labute approximate surface area is 295 Å². The predicted molar refractivity (Wildman–Crippen MR) is 190 cm³/mol. The molecular weight excluding hydrogens is 674 g/mol. The molecule has 51 heavy (non-hydrogen) atoms. The average molecular weight is 708 g/mol. The van der Waals surface area contributed by atoms with Gasteiger partial charge >= 0.3 is 0 Å². The zero-order valence-electron chi connectivity index (χ0n) is 27.5. The van der Waals surface area contributed by atoms with Gasteiger partial charge in [0, 0.05) is 24.9 Å². The van der Waals surface area contributed by atoms with Crippen LogP contribution in [0.5, 0.6) is 11.5 Å². The molecule has 0 unspecified atom stereocenters. The van der Waals surface area contributed by atoms with E-state index >= 15 is 0 Å². The number of nitrogens with one attached hydrogen (secondary N) is 2. The van der Waals surface area contributed by atoms with Gasteiger partial charge in [0.2, 0.25) is 15.9 Å². The van der Waals surface area contributed by atoms with E-state index in [1.807, 2.05) is 30.3 Å². The number of amides is 3. The standard InChI is InChI=1S/C38H34FN5O6S/c1-2-3-5-11-36(45)44(22-20-40)51(48,49)23-8-21-41-37(46)28-12-15-30(16-13-28)50-31-17-19-33-32(25-31)38(47)43(26-27-9-6-4-7-10-27)35-24-29(39)14-18-34(35)42-33/h1,4,6-7,9-10,12-19,24-25,42H,3,5,8,11,21-23,26H2,(H,41,46). The minimum absolute atomic E-state index is 0.0109. The number of hydrogen-bond donors (Lipinski definition) is 2. The minimum Gasteiger partial charge on any atom is -0.457 e. The van der Waals surface area contributed by atoms with E-state index in [2.05, 4.69) is 16.6 Å². The van der Waals surface area contributed by atoms with Crippen molar-refractivity contribution in [2.45, 2.75) is 32.2 Å². The fourth-order valence-corrected chi connectivity index (χ4v) is 6.77. The van der Waals surface area contributed by atoms with Crippen molar-refractivity contribution in [1.82, 2.24) is 9.62 Å². The third-order valence-corrected chi connectivity index (χ3v) is 9.74. The van der Waals surface area contributed by atoms with E-state index in [9.17, 15) is 27.2 Å². The van der Waals surface area contributed by atoms with Crippen molar-refractivity contribution in [1.29, 1.82) is 5.26 Å². The summed E-state index contributed by atoms with van der Waals surface area (Å²) in [5.41, 5.74) is 2.99. The van der Waals surface area contributed by atoms with Gasteiger partial charge in [-0.1, -0.05) is 30.3 Å². The Kier molecular flexibility index (Phi) is 11.7. The number of terminal acetylenes is 1. The van der Waals surface area contributed by atoms with Crippen LogP contribution in [0, 0.1) is 29.5 Å². The molecular formula is C38H34FN5O6S. The monoisotopic (exact) mass is 707 g/mol. The number of benzene rings is 4. The van der Waals surface area contributed by atoms with Crippen LogP contribution in [0.4, 0.5) is 21.5 Å². The smallest absolute Gasteiger partial charge is 0.260 e. The zero-order valence-corrected chi connectivity index (χ0v) is 28.3. The van der Waals surface area contributed by atoms with Gasteiger partial charge in [0.05, 0.1) is 41.0 Å². The molecule has 1 heterocycles. The zero-order chi connectivity index (χ0) is 36.4. The molecule has 1 aliphatic heterocycles. The first kappa shape index (κ1) is 36.1. The Bertz CT molecular complexity index is 2110. The van der Waals surface area contributed by atoms with Crippen LogP contribution in [0.1, 0.15) is 52.0 Å². The number of sulfonamides is 1. The molecule has 0 fully saturated rings. The fraction of sp³-hybridized carbons (Fsp3) is 0.211. The second kappa shape index (κ2) is 16.5. The molecule has 4 aromatic rings. The van der Waals surface area contributed by atoms with Crippen LogP contribution in [-0.2, 0) is 21.4 Å². The first-order valence-corrected chi connectivity index (χ1v) is 17.7. The Morgan fingerprint density at radius 1 is 0.961 bits per heavy atom. The second-order valence-corrected chi connectivity index (χ2v) is 13.6. The molecule has 0 atom stereocenters. The van der Waals surface area contributed by atoms with Crippen LogP contribution in [-0.4, -0.2) is 49.3 Å². The maximum atomic E-state index is 14.4. The van der Waals surface area contributed by atoms with Crippen molar-refractivity contribution in [3.8, 4) is 29.9 Å². The maximum Gasteiger partial charge on any atom is 0.260 e. The van der Waals surface area contributed by atoms with Gasteiger partial charge < -0.3 is 20.3 Å². The van der Waals surface area contributed by atoms with Crippen LogP contribution >= 0.6 is 0 Å². The number of nitrogens with zero attached hydrogens (tertiary/aromatic N) is 3. The number of anilines is 3. The number of fused-ring (bicyclic) bond motifs is 2. The molecule has 11 nitrogen and oxygen atoms in total. The summed E-state index contributed by atoms with van der Waals surface area (Å²) in [4.78, 5) is 40.6. The van der Waals surface area contributed by atoms with E-state index in [0.29, 0.717) is 56.8 Å². The van der Waals surface area contributed by atoms with Gasteiger partial charge in [0.25, 0.3) is 11.8 Å². The van der Waals surface area contributed by atoms with E-state index in [1.54, 1.807) is 42.5 Å². The van der Waals surface area contributed by atoms with Crippen molar-refractivity contribution in [2.24, 2.45) is 0 Å². The average Bonchev–Trinajstić information content (AvgIpc) is 3.23. The molecule has 0 aromatic heterocycles. The van der Waals surface area contributed by atoms with E-state index in [-0.39, 0.29) is 31.8 Å². The Morgan fingerprint density at radius 3 is 2.41 bits per heavy atom. The lowest BCUT2D eigenvalue weighted by molar-refractivity contribution is -0.126. The van der Waals surface area contributed by atoms with Crippen molar-refractivity contribution < 1.29 is 31.9 Å². The third-order valence-electron chi connectivity index (χ3n) is 7.93. The van der Waals surface area contributed by atoms with Gasteiger partial charge in [0.1, 0.15) is 23.9 Å². The van der Waals surface area contributed by atoms with Gasteiger partial charge in [-0.2, -0.15) is 5.26 Å². The number of carbonyl (C=O) groups is 3. The number of nitriles is 1. The Morgan fingerprint density at radius 2 is 1.69 bits per heavy atom. The van der Waals surface area contributed by atoms with E-state index in [0.717, 1.165) is 5.56 Å². The molecule has 5 rings (SSSR count). The number of ether oxygens (including phenoxy) is 1. The summed E-state index contributed by atoms with van der Waals surface area (Å²) in [5, 5.41) is 14.9. The quantitative estimate of drug-likeness (QED) is 0.0904. The summed E-state index contributed by atoms with van der Waals surface area (Å²) >= 11 is 0. The van der Waals surface area contributed by atoms with Crippen LogP contribution in [0.15, 0.2) is 91.0 Å². The largest absolute Gasteiger partial charge is 0.457 e. The van der Waals surface area contributed by atoms with Crippen molar-refractivity contribution in [3.63, 3.8) is 0 Å². The molecule has 0 saturated carbocycles. The summed E-state index contributed by atoms with van der Waals surface area (Å²) in [6.07, 6.45) is 5.73. The first-order chi connectivity index (χ1) is 24.6. The molecule has 0 bridgehead atoms. The minimum atomic E-state index is -4.06. The highest BCUT2D eigenvalue weighted by Crippen LogP contribution is 2.39. The van der Waals surface area contributed by atoms with Crippen molar-refractivity contribution >= 4 is 44.8 Å². The predicted octanol–water partition coefficient (Wildman–Crippen LogP) is 6.13. The summed E-state index contributed by atoms with van der Waals surface area (Å²) in [5.74, 6) is 0.734. The SMILES string of the molecule is C#CCCCC(=O)N(CC#N)S(=O)(=O)CCCNC(=O)c1ccc(Oc2ccc3c(c2)C(=O)N(Cc2ccccc2)c2cc(F)ccc2N3)cc1. The van der Waals surface area contributed by atoms with Gasteiger partial charge in [-0.05, 0) is 79.1 Å². The Balaban J connectivity index is 1.21. The highest BCUT2D eigenvalue weighted by molar-refractivity contribution is 7.89. The first-order valence-electron chi connectivity index (χ1n) is 16.1. The summed E-state index contributed by atoms with van der Waals surface area (Å²) < 4.78 is 46.4. The molecule has 0 aliphatic carbocycles. The fourth-order valence-electron chi connectivity index (χ4n) is 5.38.